The van der Waals surface area contributed by atoms with E-state index < -0.39 is 0 Å². The molecule has 2 amide bonds. The minimum absolute atomic E-state index is 0.131. The molecule has 1 aromatic carbocycles. The molecular weight excluding hydrogens is 506 g/mol. The van der Waals surface area contributed by atoms with E-state index in [1.54, 1.807) is 11.2 Å². The maximum atomic E-state index is 13.1. The molecule has 7 rings (SSSR count). The van der Waals surface area contributed by atoms with Gasteiger partial charge in [-0.15, -0.1) is 0 Å². The summed E-state index contributed by atoms with van der Waals surface area (Å²) in [5.74, 6) is 0.454. The Morgan fingerprint density at radius 1 is 1.12 bits per heavy atom. The van der Waals surface area contributed by atoms with Crippen LogP contribution in [0.25, 0.3) is 27.6 Å². The SMILES string of the molecule is CN(C)Cc1nc(Nc2ccc(-c3cnn4ccc5occc5c34)c3c2C(=O)NC3)ccc1[C@@H]1CCN(C)C1=O. The molecule has 10 nitrogen and oxygen atoms in total. The number of aromatic nitrogens is 3. The fourth-order valence-corrected chi connectivity index (χ4v) is 6.00. The van der Waals surface area contributed by atoms with E-state index in [2.05, 4.69) is 15.7 Å². The van der Waals surface area contributed by atoms with Gasteiger partial charge in [0.15, 0.2) is 0 Å². The summed E-state index contributed by atoms with van der Waals surface area (Å²) < 4.78 is 7.45. The summed E-state index contributed by atoms with van der Waals surface area (Å²) in [7, 11) is 5.82. The van der Waals surface area contributed by atoms with Gasteiger partial charge in [-0.2, -0.15) is 5.10 Å². The van der Waals surface area contributed by atoms with Gasteiger partial charge in [0.1, 0.15) is 11.4 Å². The Morgan fingerprint density at radius 3 is 2.80 bits per heavy atom. The zero-order chi connectivity index (χ0) is 27.5. The first kappa shape index (κ1) is 24.3. The van der Waals surface area contributed by atoms with Gasteiger partial charge in [0.25, 0.3) is 5.91 Å². The molecule has 0 aliphatic carbocycles. The number of furan rings is 1. The van der Waals surface area contributed by atoms with Crippen LogP contribution in [0.1, 0.15) is 39.5 Å². The van der Waals surface area contributed by atoms with Crippen molar-refractivity contribution in [3.05, 3.63) is 77.4 Å². The average molecular weight is 536 g/mol. The summed E-state index contributed by atoms with van der Waals surface area (Å²) in [6.07, 6.45) is 6.17. The number of carbonyl (C=O) groups excluding carboxylic acids is 2. The van der Waals surface area contributed by atoms with Crippen molar-refractivity contribution in [3.8, 4) is 11.1 Å². The zero-order valence-electron chi connectivity index (χ0n) is 22.6. The van der Waals surface area contributed by atoms with E-state index in [-0.39, 0.29) is 17.7 Å². The van der Waals surface area contributed by atoms with Crippen LogP contribution in [0.3, 0.4) is 0 Å². The lowest BCUT2D eigenvalue weighted by atomic mass is 9.95. The van der Waals surface area contributed by atoms with Crippen LogP contribution in [0.5, 0.6) is 0 Å². The second kappa shape index (κ2) is 9.20. The standard InChI is InChI=1S/C30H29N7O3/c1-35(2)16-24-18(19-8-11-36(3)30(19)39)5-7-26(34-24)33-23-6-4-17(21-14-31-29(38)27(21)23)22-15-32-37-12-9-25-20(28(22)37)10-13-40-25/h4-7,9-10,12-13,15,19H,8,11,14,16H2,1-3H3,(H,31,38)(H,33,34)/t19-/m0/s1. The predicted molar refractivity (Wildman–Crippen MR) is 151 cm³/mol. The molecule has 6 heterocycles. The average Bonchev–Trinajstić information content (AvgIpc) is 3.72. The second-order valence-electron chi connectivity index (χ2n) is 10.8. The van der Waals surface area contributed by atoms with E-state index in [0.717, 1.165) is 57.4 Å². The van der Waals surface area contributed by atoms with Gasteiger partial charge in [-0.3, -0.25) is 9.59 Å². The first-order valence-corrected chi connectivity index (χ1v) is 13.3. The van der Waals surface area contributed by atoms with Crippen LogP contribution < -0.4 is 10.6 Å². The van der Waals surface area contributed by atoms with Crippen LogP contribution in [0.2, 0.25) is 0 Å². The summed E-state index contributed by atoms with van der Waals surface area (Å²) in [6, 6.07) is 11.7. The molecule has 1 atom stereocenters. The van der Waals surface area contributed by atoms with Gasteiger partial charge < -0.3 is 24.9 Å². The van der Waals surface area contributed by atoms with Gasteiger partial charge in [-0.25, -0.2) is 9.50 Å². The van der Waals surface area contributed by atoms with Gasteiger partial charge in [-0.05, 0) is 61.5 Å². The third-order valence-electron chi connectivity index (χ3n) is 7.91. The number of hydrogen-bond donors (Lipinski definition) is 2. The van der Waals surface area contributed by atoms with Crippen LogP contribution >= 0.6 is 0 Å². The van der Waals surface area contributed by atoms with Crippen molar-refractivity contribution in [2.24, 2.45) is 0 Å². The number of rotatable bonds is 6. The summed E-state index contributed by atoms with van der Waals surface area (Å²) in [5.41, 5.74) is 7.63. The highest BCUT2D eigenvalue weighted by Gasteiger charge is 2.33. The van der Waals surface area contributed by atoms with Crippen molar-refractivity contribution < 1.29 is 14.0 Å². The molecule has 0 unspecified atom stereocenters. The fourth-order valence-electron chi connectivity index (χ4n) is 6.00. The van der Waals surface area contributed by atoms with Crippen LogP contribution in [0.15, 0.2) is 59.5 Å². The maximum absolute atomic E-state index is 13.1. The van der Waals surface area contributed by atoms with E-state index >= 15 is 0 Å². The van der Waals surface area contributed by atoms with Crippen LogP contribution in [0.4, 0.5) is 11.5 Å². The summed E-state index contributed by atoms with van der Waals surface area (Å²) in [6.45, 7) is 1.78. The summed E-state index contributed by atoms with van der Waals surface area (Å²) in [5, 5.41) is 11.9. The Morgan fingerprint density at radius 2 is 2.00 bits per heavy atom. The molecule has 0 radical (unpaired) electrons. The molecule has 0 bridgehead atoms. The topological polar surface area (TPSA) is 108 Å². The molecule has 2 aliphatic heterocycles. The molecular formula is C30H29N7O3. The molecule has 40 heavy (non-hydrogen) atoms. The summed E-state index contributed by atoms with van der Waals surface area (Å²) >= 11 is 0. The number of carbonyl (C=O) groups is 2. The molecule has 2 N–H and O–H groups in total. The fraction of sp³-hybridized carbons (Fsp3) is 0.267. The molecule has 4 aromatic heterocycles. The van der Waals surface area contributed by atoms with E-state index in [0.29, 0.717) is 30.2 Å². The number of nitrogens with one attached hydrogen (secondary N) is 2. The molecule has 2 aliphatic rings. The number of pyridine rings is 2. The number of benzene rings is 1. The number of nitrogens with zero attached hydrogens (tertiary/aromatic N) is 5. The molecule has 1 fully saturated rings. The minimum atomic E-state index is -0.177. The first-order chi connectivity index (χ1) is 19.4. The van der Waals surface area contributed by atoms with E-state index in [4.69, 9.17) is 9.40 Å². The quantitative estimate of drug-likeness (QED) is 0.337. The third-order valence-corrected chi connectivity index (χ3v) is 7.91. The number of likely N-dealkylation sites (tertiary alicyclic amines) is 1. The minimum Gasteiger partial charge on any atom is -0.464 e. The van der Waals surface area contributed by atoms with Crippen molar-refractivity contribution in [2.45, 2.75) is 25.4 Å². The highest BCUT2D eigenvalue weighted by molar-refractivity contribution is 6.08. The predicted octanol–water partition coefficient (Wildman–Crippen LogP) is 4.14. The van der Waals surface area contributed by atoms with E-state index in [1.807, 2.05) is 79.4 Å². The van der Waals surface area contributed by atoms with E-state index in [1.165, 1.54) is 0 Å². The highest BCUT2D eigenvalue weighted by Crippen LogP contribution is 2.39. The van der Waals surface area contributed by atoms with Gasteiger partial charge >= 0.3 is 0 Å². The molecule has 0 saturated carbocycles. The lowest BCUT2D eigenvalue weighted by molar-refractivity contribution is -0.127. The van der Waals surface area contributed by atoms with Crippen molar-refractivity contribution >= 4 is 39.8 Å². The smallest absolute Gasteiger partial charge is 0.254 e. The van der Waals surface area contributed by atoms with Crippen molar-refractivity contribution in [1.82, 2.24) is 29.7 Å². The van der Waals surface area contributed by atoms with Gasteiger partial charge in [0.05, 0.1) is 40.8 Å². The van der Waals surface area contributed by atoms with Crippen LogP contribution in [-0.2, 0) is 17.9 Å². The maximum Gasteiger partial charge on any atom is 0.254 e. The van der Waals surface area contributed by atoms with Gasteiger partial charge in [0, 0.05) is 43.8 Å². The molecule has 10 heteroatoms. The Balaban J connectivity index is 1.29. The zero-order valence-corrected chi connectivity index (χ0v) is 22.6. The molecule has 1 saturated heterocycles. The number of fused-ring (bicyclic) bond motifs is 4. The lowest BCUT2D eigenvalue weighted by Crippen LogP contribution is -2.23. The summed E-state index contributed by atoms with van der Waals surface area (Å²) in [4.78, 5) is 34.6. The van der Waals surface area contributed by atoms with Crippen LogP contribution in [-0.4, -0.2) is 63.9 Å². The largest absolute Gasteiger partial charge is 0.464 e. The highest BCUT2D eigenvalue weighted by atomic mass is 16.3. The third kappa shape index (κ3) is 3.83. The van der Waals surface area contributed by atoms with Crippen LogP contribution in [0, 0.1) is 0 Å². The van der Waals surface area contributed by atoms with Gasteiger partial charge in [-0.1, -0.05) is 12.1 Å². The van der Waals surface area contributed by atoms with Crippen molar-refractivity contribution in [3.63, 3.8) is 0 Å². The number of anilines is 2. The Bertz CT molecular complexity index is 1820. The monoisotopic (exact) mass is 535 g/mol. The Hall–Kier alpha value is -4.70. The normalized spacial score (nSPS) is 16.9. The Kier molecular flexibility index (Phi) is 5.60. The number of amides is 2. The lowest BCUT2D eigenvalue weighted by Gasteiger charge is -2.19. The number of likely N-dealkylation sites (N-methyl/N-ethyl adjacent to an activating group) is 1. The van der Waals surface area contributed by atoms with E-state index in [9.17, 15) is 9.59 Å². The first-order valence-electron chi connectivity index (χ1n) is 13.3. The van der Waals surface area contributed by atoms with Gasteiger partial charge in [0.2, 0.25) is 5.91 Å². The molecule has 5 aromatic rings. The number of hydrogen-bond acceptors (Lipinski definition) is 7. The molecule has 202 valence electrons. The van der Waals surface area contributed by atoms with Crippen molar-refractivity contribution in [2.75, 3.05) is 33.0 Å². The Labute approximate surface area is 230 Å². The molecule has 0 spiro atoms. The second-order valence-corrected chi connectivity index (χ2v) is 10.8. The van der Waals surface area contributed by atoms with Crippen molar-refractivity contribution in [1.29, 1.82) is 0 Å².